The molecule has 0 heterocycles. The van der Waals surface area contributed by atoms with Crippen molar-refractivity contribution in [1.82, 2.24) is 4.90 Å². The minimum atomic E-state index is 0.604. The molecule has 1 aromatic rings. The maximum absolute atomic E-state index is 2.36. The van der Waals surface area contributed by atoms with E-state index in [4.69, 9.17) is 0 Å². The van der Waals surface area contributed by atoms with Gasteiger partial charge >= 0.3 is 0 Å². The van der Waals surface area contributed by atoms with Crippen LogP contribution in [-0.4, -0.2) is 25.0 Å². The molecule has 0 bridgehead atoms. The molecule has 21 heavy (non-hydrogen) atoms. The predicted octanol–water partition coefficient (Wildman–Crippen LogP) is 5.86. The maximum Gasteiger partial charge on any atom is 0.0130 e. The zero-order valence-corrected chi connectivity index (χ0v) is 14.6. The molecular weight excluding hydrogens is 254 g/mol. The van der Waals surface area contributed by atoms with Gasteiger partial charge in [0.1, 0.15) is 0 Å². The van der Waals surface area contributed by atoms with Crippen molar-refractivity contribution in [2.75, 3.05) is 14.1 Å². The summed E-state index contributed by atoms with van der Waals surface area (Å²) < 4.78 is 0. The Balaban J connectivity index is 2.40. The summed E-state index contributed by atoms with van der Waals surface area (Å²) in [7, 11) is 4.40. The van der Waals surface area contributed by atoms with Crippen molar-refractivity contribution >= 4 is 0 Å². The van der Waals surface area contributed by atoms with Crippen LogP contribution in [0.15, 0.2) is 30.3 Å². The third kappa shape index (κ3) is 7.13. The number of benzene rings is 1. The van der Waals surface area contributed by atoms with Gasteiger partial charge in [0.05, 0.1) is 0 Å². The molecule has 0 N–H and O–H groups in total. The lowest BCUT2D eigenvalue weighted by Crippen LogP contribution is -2.31. The molecule has 0 spiro atoms. The first-order chi connectivity index (χ1) is 10.2. The van der Waals surface area contributed by atoms with Crippen LogP contribution in [0.1, 0.15) is 76.7 Å². The molecule has 1 aromatic carbocycles. The molecule has 2 atom stereocenters. The Hall–Kier alpha value is -0.820. The standard InChI is InChI=1S/C20H35N/c1-5-6-7-8-9-10-14-17-20(18(2)21(3)4)19-15-12-11-13-16-19/h11-13,15-16,18,20H,5-10,14,17H2,1-4H3. The molecule has 0 aromatic heterocycles. The SMILES string of the molecule is CCCCCCCCCC(c1ccccc1)C(C)N(C)C. The maximum atomic E-state index is 2.36. The first-order valence-electron chi connectivity index (χ1n) is 8.88. The third-order valence-electron chi connectivity index (χ3n) is 4.74. The molecule has 0 aliphatic rings. The molecule has 120 valence electrons. The second-order valence-corrected chi connectivity index (χ2v) is 6.63. The van der Waals surface area contributed by atoms with Crippen LogP contribution in [0.25, 0.3) is 0 Å². The highest BCUT2D eigenvalue weighted by Crippen LogP contribution is 2.28. The van der Waals surface area contributed by atoms with Crippen molar-refractivity contribution in [3.63, 3.8) is 0 Å². The van der Waals surface area contributed by atoms with Crippen LogP contribution in [0.2, 0.25) is 0 Å². The minimum Gasteiger partial charge on any atom is -0.306 e. The average Bonchev–Trinajstić information content (AvgIpc) is 2.50. The van der Waals surface area contributed by atoms with E-state index in [1.54, 1.807) is 0 Å². The summed E-state index contributed by atoms with van der Waals surface area (Å²) in [5.41, 5.74) is 1.50. The van der Waals surface area contributed by atoms with Gasteiger partial charge < -0.3 is 4.90 Å². The highest BCUT2D eigenvalue weighted by atomic mass is 15.1. The lowest BCUT2D eigenvalue weighted by Gasteiger charge is -2.30. The summed E-state index contributed by atoms with van der Waals surface area (Å²) >= 11 is 0. The molecule has 0 aliphatic heterocycles. The van der Waals surface area contributed by atoms with Gasteiger partial charge in [0.2, 0.25) is 0 Å². The van der Waals surface area contributed by atoms with Crippen molar-refractivity contribution in [2.24, 2.45) is 0 Å². The van der Waals surface area contributed by atoms with Gasteiger partial charge in [-0.1, -0.05) is 82.2 Å². The van der Waals surface area contributed by atoms with E-state index in [9.17, 15) is 0 Å². The Morgan fingerprint density at radius 3 is 2.00 bits per heavy atom. The van der Waals surface area contributed by atoms with E-state index in [1.807, 2.05) is 0 Å². The zero-order valence-electron chi connectivity index (χ0n) is 14.6. The smallest absolute Gasteiger partial charge is 0.0130 e. The van der Waals surface area contributed by atoms with Gasteiger partial charge in [-0.15, -0.1) is 0 Å². The monoisotopic (exact) mass is 289 g/mol. The quantitative estimate of drug-likeness (QED) is 0.461. The van der Waals surface area contributed by atoms with Gasteiger partial charge in [-0.3, -0.25) is 0 Å². The largest absolute Gasteiger partial charge is 0.306 e. The van der Waals surface area contributed by atoms with Crippen LogP contribution in [0, 0.1) is 0 Å². The lowest BCUT2D eigenvalue weighted by atomic mass is 9.87. The molecule has 0 aliphatic carbocycles. The van der Waals surface area contributed by atoms with Gasteiger partial charge in [0.15, 0.2) is 0 Å². The Bertz CT molecular complexity index is 344. The fourth-order valence-corrected chi connectivity index (χ4v) is 3.07. The third-order valence-corrected chi connectivity index (χ3v) is 4.74. The van der Waals surface area contributed by atoms with Crippen LogP contribution in [0.4, 0.5) is 0 Å². The molecule has 0 saturated carbocycles. The Morgan fingerprint density at radius 1 is 0.857 bits per heavy atom. The zero-order chi connectivity index (χ0) is 15.5. The minimum absolute atomic E-state index is 0.604. The van der Waals surface area contributed by atoms with Crippen molar-refractivity contribution in [3.05, 3.63) is 35.9 Å². The molecular formula is C20H35N. The number of hydrogen-bond donors (Lipinski definition) is 0. The summed E-state index contributed by atoms with van der Waals surface area (Å²) in [5.74, 6) is 0.664. The molecule has 1 rings (SSSR count). The van der Waals surface area contributed by atoms with Crippen molar-refractivity contribution in [2.45, 2.75) is 77.2 Å². The van der Waals surface area contributed by atoms with E-state index >= 15 is 0 Å². The highest BCUT2D eigenvalue weighted by molar-refractivity contribution is 5.21. The first kappa shape index (κ1) is 18.2. The predicted molar refractivity (Wildman–Crippen MR) is 94.9 cm³/mol. The van der Waals surface area contributed by atoms with Crippen LogP contribution >= 0.6 is 0 Å². The van der Waals surface area contributed by atoms with Crippen LogP contribution < -0.4 is 0 Å². The first-order valence-corrected chi connectivity index (χ1v) is 8.88. The number of rotatable bonds is 11. The topological polar surface area (TPSA) is 3.24 Å². The van der Waals surface area contributed by atoms with Crippen LogP contribution in [-0.2, 0) is 0 Å². The summed E-state index contributed by atoms with van der Waals surface area (Å²) in [6, 6.07) is 11.7. The van der Waals surface area contributed by atoms with Gasteiger partial charge in [0, 0.05) is 6.04 Å². The highest BCUT2D eigenvalue weighted by Gasteiger charge is 2.20. The number of nitrogens with zero attached hydrogens (tertiary/aromatic N) is 1. The van der Waals surface area contributed by atoms with Crippen molar-refractivity contribution in [1.29, 1.82) is 0 Å². The number of likely N-dealkylation sites (N-methyl/N-ethyl adjacent to an activating group) is 1. The summed E-state index contributed by atoms with van der Waals surface area (Å²) in [6.07, 6.45) is 11.1. The van der Waals surface area contributed by atoms with E-state index in [1.165, 1.54) is 56.9 Å². The Morgan fingerprint density at radius 2 is 1.43 bits per heavy atom. The molecule has 0 saturated heterocycles. The average molecular weight is 290 g/mol. The van der Waals surface area contributed by atoms with E-state index in [-0.39, 0.29) is 0 Å². The van der Waals surface area contributed by atoms with Crippen LogP contribution in [0.3, 0.4) is 0 Å². The fourth-order valence-electron chi connectivity index (χ4n) is 3.07. The lowest BCUT2D eigenvalue weighted by molar-refractivity contribution is 0.260. The van der Waals surface area contributed by atoms with Crippen molar-refractivity contribution in [3.8, 4) is 0 Å². The molecule has 0 radical (unpaired) electrons. The summed E-state index contributed by atoms with van der Waals surface area (Å²) in [4.78, 5) is 2.36. The number of unbranched alkanes of at least 4 members (excludes halogenated alkanes) is 6. The molecule has 1 heteroatoms. The van der Waals surface area contributed by atoms with Gasteiger partial charge in [-0.2, -0.15) is 0 Å². The van der Waals surface area contributed by atoms with E-state index in [0.717, 1.165) is 0 Å². The molecule has 0 fully saturated rings. The van der Waals surface area contributed by atoms with Gasteiger partial charge in [-0.05, 0) is 38.9 Å². The molecule has 1 nitrogen and oxygen atoms in total. The van der Waals surface area contributed by atoms with Gasteiger partial charge in [0.25, 0.3) is 0 Å². The van der Waals surface area contributed by atoms with Crippen LogP contribution in [0.5, 0.6) is 0 Å². The summed E-state index contributed by atoms with van der Waals surface area (Å²) in [6.45, 7) is 4.64. The second kappa shape index (κ2) is 10.8. The number of hydrogen-bond acceptors (Lipinski definition) is 1. The van der Waals surface area contributed by atoms with E-state index in [0.29, 0.717) is 12.0 Å². The molecule has 2 unspecified atom stereocenters. The Kier molecular flexibility index (Phi) is 9.41. The van der Waals surface area contributed by atoms with Crippen molar-refractivity contribution < 1.29 is 0 Å². The summed E-state index contributed by atoms with van der Waals surface area (Å²) in [5, 5.41) is 0. The Labute approximate surface area is 132 Å². The second-order valence-electron chi connectivity index (χ2n) is 6.63. The van der Waals surface area contributed by atoms with E-state index in [2.05, 4.69) is 63.2 Å². The van der Waals surface area contributed by atoms with E-state index < -0.39 is 0 Å². The molecule has 0 amide bonds. The fraction of sp³-hybridized carbons (Fsp3) is 0.700. The van der Waals surface area contributed by atoms with Gasteiger partial charge in [-0.25, -0.2) is 0 Å². The normalized spacial score (nSPS) is 14.3.